The van der Waals surface area contributed by atoms with E-state index < -0.39 is 0 Å². The predicted octanol–water partition coefficient (Wildman–Crippen LogP) is 4.03. The van der Waals surface area contributed by atoms with E-state index in [2.05, 4.69) is 15.8 Å². The van der Waals surface area contributed by atoms with Crippen LogP contribution in [0.5, 0.6) is 0 Å². The third kappa shape index (κ3) is 4.94. The molecule has 3 rings (SSSR count). The quantitative estimate of drug-likeness (QED) is 0.637. The number of hydrogen-bond acceptors (Lipinski definition) is 6. The smallest absolute Gasteiger partial charge is 0.265 e. The fraction of sp³-hybridized carbons (Fsp3) is 0.118. The van der Waals surface area contributed by atoms with E-state index in [4.69, 9.17) is 4.52 Å². The minimum atomic E-state index is -0.175. The first-order valence-corrected chi connectivity index (χ1v) is 9.27. The molecule has 0 aliphatic rings. The molecule has 3 aromatic rings. The van der Waals surface area contributed by atoms with Crippen molar-refractivity contribution in [3.63, 3.8) is 0 Å². The molecule has 128 valence electrons. The first-order valence-electron chi connectivity index (χ1n) is 7.41. The number of hydrogen-bond donors (Lipinski definition) is 2. The topological polar surface area (TPSA) is 84.2 Å². The van der Waals surface area contributed by atoms with Crippen LogP contribution < -0.4 is 10.6 Å². The van der Waals surface area contributed by atoms with Crippen molar-refractivity contribution < 1.29 is 14.1 Å². The monoisotopic (exact) mass is 373 g/mol. The molecule has 0 aliphatic heterocycles. The van der Waals surface area contributed by atoms with Crippen LogP contribution >= 0.6 is 23.1 Å². The van der Waals surface area contributed by atoms with E-state index in [1.807, 2.05) is 35.7 Å². The van der Waals surface area contributed by atoms with Crippen molar-refractivity contribution in [1.82, 2.24) is 5.16 Å². The average molecular weight is 373 g/mol. The summed E-state index contributed by atoms with van der Waals surface area (Å²) in [6, 6.07) is 12.6. The molecule has 0 aliphatic carbocycles. The van der Waals surface area contributed by atoms with Crippen LogP contribution in [0, 0.1) is 6.92 Å². The SMILES string of the molecule is Cc1cc(NC(=O)CSc2cccc(NC(=O)c3cccs3)c2)no1. The number of amides is 2. The molecular weight excluding hydrogens is 358 g/mol. The lowest BCUT2D eigenvalue weighted by molar-refractivity contribution is -0.113. The van der Waals surface area contributed by atoms with Crippen molar-refractivity contribution >= 4 is 46.4 Å². The molecule has 0 spiro atoms. The molecule has 8 heteroatoms. The van der Waals surface area contributed by atoms with E-state index in [1.54, 1.807) is 19.1 Å². The van der Waals surface area contributed by atoms with Crippen LogP contribution in [0.25, 0.3) is 0 Å². The zero-order valence-corrected chi connectivity index (χ0v) is 14.9. The van der Waals surface area contributed by atoms with E-state index in [1.165, 1.54) is 23.1 Å². The molecule has 0 radical (unpaired) electrons. The Balaban J connectivity index is 1.54. The molecule has 0 saturated carbocycles. The molecule has 0 fully saturated rings. The molecule has 2 amide bonds. The van der Waals surface area contributed by atoms with Crippen molar-refractivity contribution in [2.75, 3.05) is 16.4 Å². The maximum Gasteiger partial charge on any atom is 0.265 e. The lowest BCUT2D eigenvalue weighted by Crippen LogP contribution is -2.14. The Morgan fingerprint density at radius 1 is 1.20 bits per heavy atom. The summed E-state index contributed by atoms with van der Waals surface area (Å²) in [5, 5.41) is 11.1. The van der Waals surface area contributed by atoms with E-state index in [0.717, 1.165) is 4.90 Å². The largest absolute Gasteiger partial charge is 0.360 e. The van der Waals surface area contributed by atoms with Gasteiger partial charge in [-0.05, 0) is 36.6 Å². The molecule has 2 N–H and O–H groups in total. The molecule has 0 saturated heterocycles. The van der Waals surface area contributed by atoms with Crippen molar-refractivity contribution in [1.29, 1.82) is 0 Å². The minimum Gasteiger partial charge on any atom is -0.360 e. The van der Waals surface area contributed by atoms with Crippen molar-refractivity contribution in [3.8, 4) is 0 Å². The minimum absolute atomic E-state index is 0.142. The van der Waals surface area contributed by atoms with E-state index in [0.29, 0.717) is 22.1 Å². The second kappa shape index (κ2) is 8.00. The van der Waals surface area contributed by atoms with Crippen molar-refractivity contribution in [2.24, 2.45) is 0 Å². The van der Waals surface area contributed by atoms with Crippen LogP contribution in [0.4, 0.5) is 11.5 Å². The molecule has 2 heterocycles. The van der Waals surface area contributed by atoms with Gasteiger partial charge in [0.05, 0.1) is 10.6 Å². The average Bonchev–Trinajstić information content (AvgIpc) is 3.25. The number of nitrogens with zero attached hydrogens (tertiary/aromatic N) is 1. The standard InChI is InChI=1S/C17H15N3O3S2/c1-11-8-15(20-23-11)19-16(21)10-25-13-5-2-4-12(9-13)18-17(22)14-6-3-7-24-14/h2-9H,10H2,1H3,(H,18,22)(H,19,20,21). The van der Waals surface area contributed by atoms with Gasteiger partial charge >= 0.3 is 0 Å². The Morgan fingerprint density at radius 2 is 2.08 bits per heavy atom. The summed E-state index contributed by atoms with van der Waals surface area (Å²) in [6.07, 6.45) is 0. The van der Waals surface area contributed by atoms with E-state index in [-0.39, 0.29) is 17.6 Å². The highest BCUT2D eigenvalue weighted by Crippen LogP contribution is 2.23. The van der Waals surface area contributed by atoms with Gasteiger partial charge in [0.2, 0.25) is 5.91 Å². The number of thiophene rings is 1. The summed E-state index contributed by atoms with van der Waals surface area (Å²) >= 11 is 2.76. The van der Waals surface area contributed by atoms with Crippen LogP contribution in [0.1, 0.15) is 15.4 Å². The fourth-order valence-corrected chi connectivity index (χ4v) is 3.39. The summed E-state index contributed by atoms with van der Waals surface area (Å²) < 4.78 is 4.90. The molecule has 1 aromatic carbocycles. The van der Waals surface area contributed by atoms with Gasteiger partial charge in [-0.25, -0.2) is 0 Å². The van der Waals surface area contributed by atoms with Crippen LogP contribution in [0.3, 0.4) is 0 Å². The van der Waals surface area contributed by atoms with Crippen LogP contribution in [-0.2, 0) is 4.79 Å². The first-order chi connectivity index (χ1) is 12.1. The second-order valence-corrected chi connectivity index (χ2v) is 7.12. The number of carbonyl (C=O) groups is 2. The summed E-state index contributed by atoms with van der Waals surface area (Å²) in [4.78, 5) is 25.5. The molecule has 0 bridgehead atoms. The number of rotatable bonds is 6. The maximum absolute atomic E-state index is 12.1. The van der Waals surface area contributed by atoms with Gasteiger partial charge in [-0.15, -0.1) is 23.1 Å². The zero-order valence-electron chi connectivity index (χ0n) is 13.3. The van der Waals surface area contributed by atoms with Crippen molar-refractivity contribution in [2.45, 2.75) is 11.8 Å². The highest BCUT2D eigenvalue weighted by Gasteiger charge is 2.09. The first kappa shape index (κ1) is 17.2. The summed E-state index contributed by atoms with van der Waals surface area (Å²) in [6.45, 7) is 1.76. The van der Waals surface area contributed by atoms with Gasteiger partial charge < -0.3 is 15.2 Å². The Kier molecular flexibility index (Phi) is 5.52. The Bertz CT molecular complexity index is 875. The third-order valence-corrected chi connectivity index (χ3v) is 4.96. The normalized spacial score (nSPS) is 10.4. The second-order valence-electron chi connectivity index (χ2n) is 5.12. The highest BCUT2D eigenvalue weighted by atomic mass is 32.2. The van der Waals surface area contributed by atoms with Gasteiger partial charge in [-0.1, -0.05) is 17.3 Å². The maximum atomic E-state index is 12.1. The molecular formula is C17H15N3O3S2. The highest BCUT2D eigenvalue weighted by molar-refractivity contribution is 8.00. The van der Waals surface area contributed by atoms with Gasteiger partial charge in [-0.2, -0.15) is 0 Å². The number of aryl methyl sites for hydroxylation is 1. The van der Waals surface area contributed by atoms with Gasteiger partial charge in [0.15, 0.2) is 5.82 Å². The molecule has 2 aromatic heterocycles. The number of nitrogens with one attached hydrogen (secondary N) is 2. The number of carbonyl (C=O) groups excluding carboxylic acids is 2. The van der Waals surface area contributed by atoms with Crippen molar-refractivity contribution in [3.05, 3.63) is 58.5 Å². The number of aromatic nitrogens is 1. The van der Waals surface area contributed by atoms with E-state index >= 15 is 0 Å². The number of anilines is 2. The molecule has 0 unspecified atom stereocenters. The number of benzene rings is 1. The molecule has 0 atom stereocenters. The molecule has 25 heavy (non-hydrogen) atoms. The fourth-order valence-electron chi connectivity index (χ4n) is 2.02. The zero-order chi connectivity index (χ0) is 17.6. The third-order valence-electron chi connectivity index (χ3n) is 3.10. The summed E-state index contributed by atoms with van der Waals surface area (Å²) in [7, 11) is 0. The Morgan fingerprint density at radius 3 is 2.80 bits per heavy atom. The van der Waals surface area contributed by atoms with Crippen LogP contribution in [0.15, 0.2) is 57.3 Å². The number of thioether (sulfide) groups is 1. The summed E-state index contributed by atoms with van der Waals surface area (Å²) in [5.74, 6) is 0.952. The van der Waals surface area contributed by atoms with E-state index in [9.17, 15) is 9.59 Å². The molecule has 6 nitrogen and oxygen atoms in total. The van der Waals surface area contributed by atoms with Gasteiger partial charge in [0.1, 0.15) is 5.76 Å². The van der Waals surface area contributed by atoms with Crippen LogP contribution in [-0.4, -0.2) is 22.7 Å². The Hall–Kier alpha value is -2.58. The lowest BCUT2D eigenvalue weighted by atomic mass is 10.3. The van der Waals surface area contributed by atoms with Gasteiger partial charge in [0, 0.05) is 16.6 Å². The predicted molar refractivity (Wildman–Crippen MR) is 99.3 cm³/mol. The van der Waals surface area contributed by atoms with Gasteiger partial charge in [0.25, 0.3) is 5.91 Å². The van der Waals surface area contributed by atoms with Gasteiger partial charge in [-0.3, -0.25) is 9.59 Å². The van der Waals surface area contributed by atoms with Crippen LogP contribution in [0.2, 0.25) is 0 Å². The Labute approximate surface area is 152 Å². The summed E-state index contributed by atoms with van der Waals surface area (Å²) in [5.41, 5.74) is 0.691. The lowest BCUT2D eigenvalue weighted by Gasteiger charge is -2.06.